The van der Waals surface area contributed by atoms with E-state index in [1.54, 1.807) is 13.1 Å². The minimum atomic E-state index is -0.399. The average Bonchev–Trinajstić information content (AvgIpc) is 2.88. The number of H-pyrrole nitrogens is 1. The molecule has 0 amide bonds. The molecule has 0 saturated heterocycles. The van der Waals surface area contributed by atoms with E-state index in [1.807, 2.05) is 30.3 Å². The Bertz CT molecular complexity index is 783. The molecule has 0 radical (unpaired) electrons. The van der Waals surface area contributed by atoms with Crippen molar-refractivity contribution in [2.24, 2.45) is 0 Å². The second-order valence-electron chi connectivity index (χ2n) is 4.38. The molecule has 6 nitrogen and oxygen atoms in total. The number of fused-ring (bicyclic) bond motifs is 1. The maximum atomic E-state index is 11.0. The molecule has 1 heterocycles. The first kappa shape index (κ1) is 13.4. The Morgan fingerprint density at radius 2 is 2.10 bits per heavy atom. The van der Waals surface area contributed by atoms with Gasteiger partial charge in [-0.3, -0.25) is 10.1 Å². The number of para-hydroxylation sites is 2. The fourth-order valence-electron chi connectivity index (χ4n) is 1.98. The van der Waals surface area contributed by atoms with Gasteiger partial charge in [0.05, 0.1) is 16.0 Å². The zero-order valence-electron chi connectivity index (χ0n) is 11.2. The number of aromatic nitrogens is 2. The van der Waals surface area contributed by atoms with Crippen molar-refractivity contribution in [1.82, 2.24) is 9.97 Å². The van der Waals surface area contributed by atoms with Crippen LogP contribution in [0, 0.1) is 10.1 Å². The predicted molar refractivity (Wildman–Crippen MR) is 82.9 cm³/mol. The summed E-state index contributed by atoms with van der Waals surface area (Å²) in [6.45, 7) is 0. The molecule has 3 aromatic rings. The molecule has 21 heavy (non-hydrogen) atoms. The van der Waals surface area contributed by atoms with E-state index in [9.17, 15) is 10.1 Å². The quantitative estimate of drug-likeness (QED) is 0.567. The molecule has 0 aliphatic carbocycles. The van der Waals surface area contributed by atoms with Gasteiger partial charge in [0.15, 0.2) is 5.16 Å². The van der Waals surface area contributed by atoms with E-state index >= 15 is 0 Å². The van der Waals surface area contributed by atoms with E-state index in [4.69, 9.17) is 0 Å². The number of non-ortho nitro benzene ring substituents is 1. The van der Waals surface area contributed by atoms with Gasteiger partial charge in [0.2, 0.25) is 0 Å². The van der Waals surface area contributed by atoms with Crippen LogP contribution in [0.4, 0.5) is 11.4 Å². The Kier molecular flexibility index (Phi) is 3.49. The Hall–Kier alpha value is -2.54. The van der Waals surface area contributed by atoms with Gasteiger partial charge in [-0.1, -0.05) is 23.9 Å². The summed E-state index contributed by atoms with van der Waals surface area (Å²) in [5.41, 5.74) is 2.57. The minimum absolute atomic E-state index is 0.0560. The van der Waals surface area contributed by atoms with Gasteiger partial charge in [0, 0.05) is 29.8 Å². The lowest BCUT2D eigenvalue weighted by Gasteiger charge is -2.03. The summed E-state index contributed by atoms with van der Waals surface area (Å²) in [7, 11) is 1.73. The molecule has 0 atom stereocenters. The van der Waals surface area contributed by atoms with E-state index < -0.39 is 4.92 Å². The maximum absolute atomic E-state index is 11.0. The number of nitro groups is 1. The molecular formula is C14H12N4O2S. The van der Waals surface area contributed by atoms with Gasteiger partial charge in [0.1, 0.15) is 0 Å². The number of aromatic amines is 1. The number of nitrogens with one attached hydrogen (secondary N) is 2. The van der Waals surface area contributed by atoms with Gasteiger partial charge in [-0.05, 0) is 18.2 Å². The highest BCUT2D eigenvalue weighted by Gasteiger charge is 2.11. The van der Waals surface area contributed by atoms with Crippen LogP contribution in [0.2, 0.25) is 0 Å². The van der Waals surface area contributed by atoms with Crippen LogP contribution in [0.25, 0.3) is 11.0 Å². The van der Waals surface area contributed by atoms with Crippen LogP contribution < -0.4 is 5.32 Å². The lowest BCUT2D eigenvalue weighted by molar-refractivity contribution is -0.385. The molecule has 1 aromatic heterocycles. The van der Waals surface area contributed by atoms with Crippen LogP contribution in [0.15, 0.2) is 52.5 Å². The molecule has 2 N–H and O–H groups in total. The van der Waals surface area contributed by atoms with Crippen LogP contribution >= 0.6 is 11.8 Å². The number of rotatable bonds is 4. The third-order valence-electron chi connectivity index (χ3n) is 2.97. The van der Waals surface area contributed by atoms with E-state index in [2.05, 4.69) is 15.3 Å². The highest BCUT2D eigenvalue weighted by Crippen LogP contribution is 2.32. The summed E-state index contributed by atoms with van der Waals surface area (Å²) in [4.78, 5) is 19.0. The third-order valence-corrected chi connectivity index (χ3v) is 3.83. The first-order chi connectivity index (χ1) is 10.2. The smallest absolute Gasteiger partial charge is 0.272 e. The molecule has 2 aromatic carbocycles. The van der Waals surface area contributed by atoms with Gasteiger partial charge in [-0.25, -0.2) is 4.98 Å². The summed E-state index contributed by atoms with van der Waals surface area (Å²) in [5, 5.41) is 14.6. The van der Waals surface area contributed by atoms with Crippen molar-refractivity contribution in [2.75, 3.05) is 12.4 Å². The first-order valence-corrected chi connectivity index (χ1v) is 7.07. The third kappa shape index (κ3) is 2.82. The Morgan fingerprint density at radius 1 is 1.29 bits per heavy atom. The largest absolute Gasteiger partial charge is 0.388 e. The molecular weight excluding hydrogens is 288 g/mol. The van der Waals surface area contributed by atoms with Crippen molar-refractivity contribution >= 4 is 34.2 Å². The van der Waals surface area contributed by atoms with Crippen molar-refractivity contribution in [2.45, 2.75) is 10.1 Å². The fourth-order valence-corrected chi connectivity index (χ4v) is 2.88. The van der Waals surface area contributed by atoms with Gasteiger partial charge in [-0.2, -0.15) is 0 Å². The molecule has 0 unspecified atom stereocenters. The van der Waals surface area contributed by atoms with Crippen molar-refractivity contribution in [3.63, 3.8) is 0 Å². The number of imidazole rings is 1. The van der Waals surface area contributed by atoms with Crippen molar-refractivity contribution < 1.29 is 4.92 Å². The Labute approximate surface area is 124 Å². The van der Waals surface area contributed by atoms with Crippen LogP contribution in [0.5, 0.6) is 0 Å². The highest BCUT2D eigenvalue weighted by atomic mass is 32.2. The van der Waals surface area contributed by atoms with E-state index in [-0.39, 0.29) is 5.69 Å². The van der Waals surface area contributed by atoms with Crippen LogP contribution in [0.1, 0.15) is 0 Å². The van der Waals surface area contributed by atoms with Crippen molar-refractivity contribution in [3.05, 3.63) is 52.6 Å². The van der Waals surface area contributed by atoms with Crippen molar-refractivity contribution in [3.8, 4) is 0 Å². The summed E-state index contributed by atoms with van der Waals surface area (Å²) >= 11 is 1.36. The number of nitrogens with zero attached hydrogens (tertiary/aromatic N) is 2. The summed E-state index contributed by atoms with van der Waals surface area (Å²) in [6.07, 6.45) is 0. The van der Waals surface area contributed by atoms with Crippen LogP contribution in [0.3, 0.4) is 0 Å². The second kappa shape index (κ2) is 5.45. The fraction of sp³-hybridized carbons (Fsp3) is 0.0714. The molecule has 0 saturated carbocycles. The standard InChI is InChI=1S/C14H12N4O2S/c1-15-9-6-10(18(19)20)8-11(7-9)21-14-16-12-4-2-3-5-13(12)17-14/h2-8,15H,1H3,(H,16,17). The van der Waals surface area contributed by atoms with Crippen molar-refractivity contribution in [1.29, 1.82) is 0 Å². The number of hydrogen-bond acceptors (Lipinski definition) is 5. The SMILES string of the molecule is CNc1cc(Sc2nc3ccccc3[nH]2)cc([N+](=O)[O-])c1. The second-order valence-corrected chi connectivity index (χ2v) is 5.45. The number of anilines is 1. The predicted octanol–water partition coefficient (Wildman–Crippen LogP) is 3.66. The molecule has 0 fully saturated rings. The molecule has 0 spiro atoms. The lowest BCUT2D eigenvalue weighted by atomic mass is 10.3. The zero-order valence-corrected chi connectivity index (χ0v) is 12.0. The van der Waals surface area contributed by atoms with Gasteiger partial charge < -0.3 is 10.3 Å². The minimum Gasteiger partial charge on any atom is -0.388 e. The molecule has 0 aliphatic heterocycles. The van der Waals surface area contributed by atoms with Gasteiger partial charge >= 0.3 is 0 Å². The topological polar surface area (TPSA) is 83.8 Å². The number of hydrogen-bond donors (Lipinski definition) is 2. The van der Waals surface area contributed by atoms with Crippen LogP contribution in [-0.2, 0) is 0 Å². The molecule has 106 valence electrons. The van der Waals surface area contributed by atoms with Crippen LogP contribution in [-0.4, -0.2) is 21.9 Å². The summed E-state index contributed by atoms with van der Waals surface area (Å²) in [6, 6.07) is 12.6. The summed E-state index contributed by atoms with van der Waals surface area (Å²) < 4.78 is 0. The molecule has 0 aliphatic rings. The first-order valence-electron chi connectivity index (χ1n) is 6.25. The maximum Gasteiger partial charge on any atom is 0.272 e. The molecule has 7 heteroatoms. The number of nitro benzene ring substituents is 1. The van der Waals surface area contributed by atoms with Gasteiger partial charge in [-0.15, -0.1) is 0 Å². The van der Waals surface area contributed by atoms with E-state index in [0.717, 1.165) is 15.9 Å². The highest BCUT2D eigenvalue weighted by molar-refractivity contribution is 7.99. The normalized spacial score (nSPS) is 10.7. The monoisotopic (exact) mass is 300 g/mol. The van der Waals surface area contributed by atoms with E-state index in [1.165, 1.54) is 17.8 Å². The Morgan fingerprint density at radius 3 is 2.81 bits per heavy atom. The molecule has 0 bridgehead atoms. The zero-order chi connectivity index (χ0) is 14.8. The van der Waals surface area contributed by atoms with Gasteiger partial charge in [0.25, 0.3) is 5.69 Å². The summed E-state index contributed by atoms with van der Waals surface area (Å²) in [5.74, 6) is 0. The lowest BCUT2D eigenvalue weighted by Crippen LogP contribution is -1.93. The Balaban J connectivity index is 1.96. The average molecular weight is 300 g/mol. The van der Waals surface area contributed by atoms with E-state index in [0.29, 0.717) is 10.8 Å². The number of benzene rings is 2. The molecule has 3 rings (SSSR count).